The van der Waals surface area contributed by atoms with Crippen molar-refractivity contribution in [2.75, 3.05) is 5.32 Å². The van der Waals surface area contributed by atoms with Gasteiger partial charge in [0, 0.05) is 12.2 Å². The Morgan fingerprint density at radius 2 is 2.26 bits per heavy atom. The summed E-state index contributed by atoms with van der Waals surface area (Å²) in [6, 6.07) is 4.07. The number of nitrogens with zero attached hydrogens (tertiary/aromatic N) is 2. The summed E-state index contributed by atoms with van der Waals surface area (Å²) in [4.78, 5) is 21.1. The Morgan fingerprint density at radius 3 is 3.05 bits per heavy atom. The molecule has 5 heteroatoms. The molecule has 2 aromatic rings. The molecule has 4 nitrogen and oxygen atoms in total. The molecule has 1 N–H and O–H groups in total. The summed E-state index contributed by atoms with van der Waals surface area (Å²) in [5, 5.41) is 4.82. The molecule has 0 aromatic carbocycles. The van der Waals surface area contributed by atoms with Crippen LogP contribution in [-0.2, 0) is 0 Å². The van der Waals surface area contributed by atoms with Crippen molar-refractivity contribution in [2.24, 2.45) is 11.8 Å². The smallest absolute Gasteiger partial charge is 0.282 e. The molecule has 4 rings (SSSR count). The number of aromatic nitrogens is 2. The van der Waals surface area contributed by atoms with E-state index in [1.54, 1.807) is 18.3 Å². The molecule has 2 aliphatic carbocycles. The fraction of sp³-hybridized carbons (Fsp3) is 0.500. The number of anilines is 1. The summed E-state index contributed by atoms with van der Waals surface area (Å²) in [5.74, 6) is 1.66. The minimum Gasteiger partial charge on any atom is -0.358 e. The standard InChI is InChI=1S/C14H15N3OS/c18-12-10-2-1-5-15-13(10)19-14(17-12)16-11-7-8-3-4-9(11)6-8/h1-2,5,8-9,11H,3-4,6-7H2,(H,16,17,18). The van der Waals surface area contributed by atoms with Gasteiger partial charge in [-0.15, -0.1) is 0 Å². The topological polar surface area (TPSA) is 54.9 Å². The van der Waals surface area contributed by atoms with E-state index in [2.05, 4.69) is 15.3 Å². The second-order valence-electron chi connectivity index (χ2n) is 5.61. The van der Waals surface area contributed by atoms with Crippen LogP contribution in [0.15, 0.2) is 23.1 Å². The molecular formula is C14H15N3OS. The van der Waals surface area contributed by atoms with E-state index in [9.17, 15) is 4.79 Å². The molecule has 98 valence electrons. The molecular weight excluding hydrogens is 258 g/mol. The van der Waals surface area contributed by atoms with Crippen molar-refractivity contribution in [1.82, 2.24) is 9.97 Å². The van der Waals surface area contributed by atoms with E-state index in [0.29, 0.717) is 11.4 Å². The maximum Gasteiger partial charge on any atom is 0.282 e. The van der Waals surface area contributed by atoms with Crippen LogP contribution in [0.1, 0.15) is 25.7 Å². The first-order valence-electron chi connectivity index (χ1n) is 6.82. The molecule has 2 aliphatic rings. The Kier molecular flexibility index (Phi) is 2.55. The minimum atomic E-state index is -0.174. The lowest BCUT2D eigenvalue weighted by Gasteiger charge is -2.22. The van der Waals surface area contributed by atoms with Gasteiger partial charge in [0.1, 0.15) is 4.83 Å². The molecule has 0 spiro atoms. The van der Waals surface area contributed by atoms with Gasteiger partial charge in [0.05, 0.1) is 5.39 Å². The molecule has 2 saturated carbocycles. The van der Waals surface area contributed by atoms with Gasteiger partial charge in [-0.1, -0.05) is 17.8 Å². The molecule has 2 fully saturated rings. The molecule has 0 saturated heterocycles. The van der Waals surface area contributed by atoms with Crippen molar-refractivity contribution in [3.05, 3.63) is 28.7 Å². The van der Waals surface area contributed by atoms with E-state index >= 15 is 0 Å². The molecule has 0 radical (unpaired) electrons. The lowest BCUT2D eigenvalue weighted by atomic mass is 9.96. The lowest BCUT2D eigenvalue weighted by Crippen LogP contribution is -2.26. The second-order valence-corrected chi connectivity index (χ2v) is 6.58. The van der Waals surface area contributed by atoms with Crippen molar-refractivity contribution in [1.29, 1.82) is 0 Å². The summed E-state index contributed by atoms with van der Waals surface area (Å²) >= 11 is 1.48. The van der Waals surface area contributed by atoms with Gasteiger partial charge in [-0.25, -0.2) is 4.98 Å². The van der Waals surface area contributed by atoms with Crippen LogP contribution in [0.3, 0.4) is 0 Å². The van der Waals surface area contributed by atoms with Gasteiger partial charge in [-0.3, -0.25) is 4.79 Å². The highest BCUT2D eigenvalue weighted by Crippen LogP contribution is 2.45. The summed E-state index contributed by atoms with van der Waals surface area (Å²) in [5.41, 5.74) is -0.174. The summed E-state index contributed by atoms with van der Waals surface area (Å²) < 4.78 is 0. The van der Waals surface area contributed by atoms with Crippen molar-refractivity contribution in [2.45, 2.75) is 31.7 Å². The van der Waals surface area contributed by atoms with E-state index in [1.807, 2.05) is 0 Å². The largest absolute Gasteiger partial charge is 0.358 e. The molecule has 2 heterocycles. The first-order valence-corrected chi connectivity index (χ1v) is 7.63. The Bertz CT molecular complexity index is 684. The Labute approximate surface area is 114 Å². The van der Waals surface area contributed by atoms with Crippen LogP contribution in [0.5, 0.6) is 0 Å². The van der Waals surface area contributed by atoms with Gasteiger partial charge >= 0.3 is 0 Å². The van der Waals surface area contributed by atoms with Gasteiger partial charge in [0.25, 0.3) is 5.56 Å². The van der Waals surface area contributed by atoms with Crippen molar-refractivity contribution in [3.8, 4) is 0 Å². The van der Waals surface area contributed by atoms with Crippen LogP contribution in [0, 0.1) is 11.8 Å². The number of rotatable bonds is 2. The Balaban J connectivity index is 1.66. The van der Waals surface area contributed by atoms with Gasteiger partial charge in [0.15, 0.2) is 5.13 Å². The van der Waals surface area contributed by atoms with Crippen LogP contribution in [-0.4, -0.2) is 16.0 Å². The molecule has 0 amide bonds. The predicted octanol–water partition coefficient (Wildman–Crippen LogP) is 2.65. The molecule has 2 bridgehead atoms. The zero-order valence-corrected chi connectivity index (χ0v) is 11.3. The van der Waals surface area contributed by atoms with Crippen LogP contribution < -0.4 is 10.9 Å². The summed E-state index contributed by atoms with van der Waals surface area (Å²) in [6.45, 7) is 0. The number of hydrogen-bond acceptors (Lipinski definition) is 5. The van der Waals surface area contributed by atoms with E-state index < -0.39 is 0 Å². The number of nitrogens with one attached hydrogen (secondary N) is 1. The second kappa shape index (κ2) is 4.27. The number of hydrogen-bond donors (Lipinski definition) is 1. The lowest BCUT2D eigenvalue weighted by molar-refractivity contribution is 0.439. The third-order valence-corrected chi connectivity index (χ3v) is 5.37. The van der Waals surface area contributed by atoms with Crippen LogP contribution in [0.2, 0.25) is 0 Å². The van der Waals surface area contributed by atoms with Crippen LogP contribution in [0.4, 0.5) is 5.13 Å². The van der Waals surface area contributed by atoms with Gasteiger partial charge in [0.2, 0.25) is 0 Å². The molecule has 19 heavy (non-hydrogen) atoms. The third-order valence-electron chi connectivity index (χ3n) is 4.44. The van der Waals surface area contributed by atoms with Crippen molar-refractivity contribution >= 4 is 26.7 Å². The Morgan fingerprint density at radius 1 is 1.32 bits per heavy atom. The zero-order chi connectivity index (χ0) is 12.8. The predicted molar refractivity (Wildman–Crippen MR) is 76.5 cm³/mol. The van der Waals surface area contributed by atoms with E-state index in [4.69, 9.17) is 0 Å². The van der Waals surface area contributed by atoms with E-state index in [-0.39, 0.29) is 5.56 Å². The molecule has 2 aromatic heterocycles. The SMILES string of the molecule is O=c1nc(NC2CC3CCC2C3)sc2ncccc12. The zero-order valence-electron chi connectivity index (χ0n) is 10.5. The molecule has 3 atom stereocenters. The van der Waals surface area contributed by atoms with Gasteiger partial charge in [-0.05, 0) is 43.2 Å². The number of fused-ring (bicyclic) bond motifs is 3. The maximum absolute atomic E-state index is 11.9. The third kappa shape index (κ3) is 1.92. The highest BCUT2D eigenvalue weighted by molar-refractivity contribution is 7.21. The van der Waals surface area contributed by atoms with Crippen LogP contribution in [0.25, 0.3) is 10.2 Å². The van der Waals surface area contributed by atoms with Crippen LogP contribution >= 0.6 is 11.3 Å². The molecule has 3 unspecified atom stereocenters. The number of pyridine rings is 1. The van der Waals surface area contributed by atoms with Crippen molar-refractivity contribution < 1.29 is 0 Å². The van der Waals surface area contributed by atoms with Gasteiger partial charge in [-0.2, -0.15) is 4.98 Å². The summed E-state index contributed by atoms with van der Waals surface area (Å²) in [7, 11) is 0. The average Bonchev–Trinajstić information content (AvgIpc) is 3.01. The monoisotopic (exact) mass is 273 g/mol. The summed E-state index contributed by atoms with van der Waals surface area (Å²) in [6.07, 6.45) is 7.00. The van der Waals surface area contributed by atoms with Crippen molar-refractivity contribution in [3.63, 3.8) is 0 Å². The van der Waals surface area contributed by atoms with Gasteiger partial charge < -0.3 is 5.32 Å². The highest BCUT2D eigenvalue weighted by atomic mass is 32.1. The fourth-order valence-corrected chi connectivity index (χ4v) is 4.44. The first kappa shape index (κ1) is 11.3. The molecule has 0 aliphatic heterocycles. The fourth-order valence-electron chi connectivity index (χ4n) is 3.54. The van der Waals surface area contributed by atoms with E-state index in [0.717, 1.165) is 21.8 Å². The first-order chi connectivity index (χ1) is 9.29. The normalized spacial score (nSPS) is 28.9. The maximum atomic E-state index is 11.9. The quantitative estimate of drug-likeness (QED) is 0.914. The highest BCUT2D eigenvalue weighted by Gasteiger charge is 2.39. The Hall–Kier alpha value is -1.49. The van der Waals surface area contributed by atoms with E-state index in [1.165, 1.54) is 37.0 Å². The minimum absolute atomic E-state index is 0.174. The average molecular weight is 273 g/mol.